The first-order valence-corrected chi connectivity index (χ1v) is 10.0. The average Bonchev–Trinajstić information content (AvgIpc) is 2.69. The van der Waals surface area contributed by atoms with Gasteiger partial charge in [-0.05, 0) is 48.4 Å². The largest absolute Gasteiger partial charge is 0.480 e. The highest BCUT2D eigenvalue weighted by atomic mass is 32.2. The van der Waals surface area contributed by atoms with Gasteiger partial charge in [-0.2, -0.15) is 4.72 Å². The first-order valence-electron chi connectivity index (χ1n) is 8.56. The van der Waals surface area contributed by atoms with Gasteiger partial charge in [0.25, 0.3) is 0 Å². The van der Waals surface area contributed by atoms with Crippen LogP contribution >= 0.6 is 0 Å². The third-order valence-corrected chi connectivity index (χ3v) is 5.48. The highest BCUT2D eigenvalue weighted by Crippen LogP contribution is 2.22. The summed E-state index contributed by atoms with van der Waals surface area (Å²) >= 11 is 0. The van der Waals surface area contributed by atoms with Gasteiger partial charge in [0, 0.05) is 0 Å². The first kappa shape index (κ1) is 19.6. The summed E-state index contributed by atoms with van der Waals surface area (Å²) in [6.45, 7) is 0. The van der Waals surface area contributed by atoms with E-state index in [9.17, 15) is 18.3 Å². The highest BCUT2D eigenvalue weighted by molar-refractivity contribution is 7.89. The number of carbonyl (C=O) groups is 1. The van der Waals surface area contributed by atoms with Crippen molar-refractivity contribution in [2.24, 2.45) is 0 Å². The normalized spacial score (nSPS) is 12.3. The second-order valence-electron chi connectivity index (χ2n) is 6.09. The van der Waals surface area contributed by atoms with E-state index in [-0.39, 0.29) is 11.3 Å². The first-order chi connectivity index (χ1) is 13.4. The number of sulfonamides is 1. The molecule has 0 aliphatic rings. The summed E-state index contributed by atoms with van der Waals surface area (Å²) in [7, 11) is -4.00. The molecule has 0 saturated carbocycles. The van der Waals surface area contributed by atoms with E-state index in [1.165, 1.54) is 24.3 Å². The van der Waals surface area contributed by atoms with Crippen LogP contribution in [0, 0.1) is 0 Å². The number of aliphatic carboxylic acids is 1. The van der Waals surface area contributed by atoms with Crippen molar-refractivity contribution in [1.29, 1.82) is 0 Å². The van der Waals surface area contributed by atoms with Gasteiger partial charge in [0.2, 0.25) is 10.0 Å². The molecule has 3 aromatic rings. The van der Waals surface area contributed by atoms with Gasteiger partial charge in [-0.1, -0.05) is 48.5 Å². The maximum absolute atomic E-state index is 12.6. The minimum absolute atomic E-state index is 0.0350. The zero-order valence-electron chi connectivity index (χ0n) is 14.9. The molecule has 0 spiro atoms. The summed E-state index contributed by atoms with van der Waals surface area (Å²) in [6.07, 6.45) is 0.0462. The Morgan fingerprint density at radius 2 is 1.39 bits per heavy atom. The molecule has 2 N–H and O–H groups in total. The lowest BCUT2D eigenvalue weighted by atomic mass is 10.1. The lowest BCUT2D eigenvalue weighted by Gasteiger charge is -2.15. The average molecular weight is 397 g/mol. The Morgan fingerprint density at radius 3 is 1.96 bits per heavy atom. The molecule has 0 radical (unpaired) electrons. The lowest BCUT2D eigenvalue weighted by Crippen LogP contribution is -2.42. The van der Waals surface area contributed by atoms with Crippen LogP contribution in [0.25, 0.3) is 0 Å². The molecule has 6 nitrogen and oxygen atoms in total. The second kappa shape index (κ2) is 8.69. The molecule has 0 fully saturated rings. The zero-order valence-corrected chi connectivity index (χ0v) is 15.7. The quantitative estimate of drug-likeness (QED) is 0.607. The molecule has 0 heterocycles. The van der Waals surface area contributed by atoms with Crippen LogP contribution in [0.4, 0.5) is 0 Å². The van der Waals surface area contributed by atoms with Crippen LogP contribution in [-0.2, 0) is 21.2 Å². The minimum Gasteiger partial charge on any atom is -0.480 e. The summed E-state index contributed by atoms with van der Waals surface area (Å²) in [5.41, 5.74) is 0.726. The van der Waals surface area contributed by atoms with Gasteiger partial charge in [-0.3, -0.25) is 4.79 Å². The maximum atomic E-state index is 12.6. The summed E-state index contributed by atoms with van der Waals surface area (Å²) < 4.78 is 33.1. The molecule has 0 aliphatic heterocycles. The van der Waals surface area contributed by atoms with Crippen LogP contribution < -0.4 is 9.46 Å². The van der Waals surface area contributed by atoms with Crippen LogP contribution in [0.2, 0.25) is 0 Å². The minimum atomic E-state index is -4.00. The van der Waals surface area contributed by atoms with Gasteiger partial charge in [-0.15, -0.1) is 0 Å². The molecule has 0 bridgehead atoms. The predicted molar refractivity (Wildman–Crippen MR) is 105 cm³/mol. The van der Waals surface area contributed by atoms with E-state index >= 15 is 0 Å². The summed E-state index contributed by atoms with van der Waals surface area (Å²) in [4.78, 5) is 11.5. The van der Waals surface area contributed by atoms with Crippen LogP contribution in [0.15, 0.2) is 89.8 Å². The summed E-state index contributed by atoms with van der Waals surface area (Å²) in [5.74, 6) is -0.134. The Hall–Kier alpha value is -3.16. The number of ether oxygens (including phenoxy) is 1. The number of benzene rings is 3. The summed E-state index contributed by atoms with van der Waals surface area (Å²) in [6, 6.07) is 22.5. The Balaban J connectivity index is 1.72. The lowest BCUT2D eigenvalue weighted by molar-refractivity contribution is -0.138. The van der Waals surface area contributed by atoms with E-state index < -0.39 is 22.0 Å². The molecular weight excluding hydrogens is 378 g/mol. The Kier molecular flexibility index (Phi) is 6.08. The molecule has 3 rings (SSSR count). The number of hydrogen-bond donors (Lipinski definition) is 2. The topological polar surface area (TPSA) is 92.7 Å². The van der Waals surface area contributed by atoms with Crippen LogP contribution in [0.1, 0.15) is 5.56 Å². The van der Waals surface area contributed by atoms with Gasteiger partial charge in [0.05, 0.1) is 4.90 Å². The Labute approximate surface area is 163 Å². The van der Waals surface area contributed by atoms with Gasteiger partial charge < -0.3 is 9.84 Å². The van der Waals surface area contributed by atoms with Crippen LogP contribution in [-0.4, -0.2) is 25.5 Å². The number of hydrogen-bond acceptors (Lipinski definition) is 4. The molecule has 1 atom stereocenters. The standard InChI is InChI=1S/C21H19NO5S/c23-21(24)20(15-16-7-3-1-4-8-16)22-28(25,26)19-13-11-18(12-14-19)27-17-9-5-2-6-10-17/h1-14,20,22H,15H2,(H,23,24). The molecule has 0 saturated heterocycles. The second-order valence-corrected chi connectivity index (χ2v) is 7.80. The molecule has 0 amide bonds. The van der Waals surface area contributed by atoms with Gasteiger partial charge in [0.1, 0.15) is 17.5 Å². The molecule has 7 heteroatoms. The van der Waals surface area contributed by atoms with Crippen LogP contribution in [0.5, 0.6) is 11.5 Å². The predicted octanol–water partition coefficient (Wildman–Crippen LogP) is 3.45. The molecular formula is C21H19NO5S. The third kappa shape index (κ3) is 5.18. The zero-order chi connectivity index (χ0) is 20.0. The van der Waals surface area contributed by atoms with Crippen molar-refractivity contribution < 1.29 is 23.1 Å². The van der Waals surface area contributed by atoms with Gasteiger partial charge in [-0.25, -0.2) is 8.42 Å². The fourth-order valence-electron chi connectivity index (χ4n) is 2.60. The van der Waals surface area contributed by atoms with E-state index in [1.54, 1.807) is 36.4 Å². The van der Waals surface area contributed by atoms with Crippen molar-refractivity contribution in [2.45, 2.75) is 17.4 Å². The maximum Gasteiger partial charge on any atom is 0.322 e. The van der Waals surface area contributed by atoms with E-state index in [1.807, 2.05) is 24.3 Å². The smallest absolute Gasteiger partial charge is 0.322 e. The molecule has 3 aromatic carbocycles. The van der Waals surface area contributed by atoms with Gasteiger partial charge in [0.15, 0.2) is 0 Å². The highest BCUT2D eigenvalue weighted by Gasteiger charge is 2.25. The third-order valence-electron chi connectivity index (χ3n) is 3.99. The fourth-order valence-corrected chi connectivity index (χ4v) is 3.79. The molecule has 1 unspecified atom stereocenters. The van der Waals surface area contributed by atoms with E-state index in [4.69, 9.17) is 4.74 Å². The number of rotatable bonds is 8. The van der Waals surface area contributed by atoms with Crippen LogP contribution in [0.3, 0.4) is 0 Å². The molecule has 144 valence electrons. The number of nitrogens with one attached hydrogen (secondary N) is 1. The van der Waals surface area contributed by atoms with Gasteiger partial charge >= 0.3 is 5.97 Å². The number of carboxylic acid groups (broad SMARTS) is 1. The van der Waals surface area contributed by atoms with Crippen molar-refractivity contribution in [3.63, 3.8) is 0 Å². The van der Waals surface area contributed by atoms with Crippen molar-refractivity contribution in [2.75, 3.05) is 0 Å². The number of carboxylic acids is 1. The van der Waals surface area contributed by atoms with E-state index in [0.29, 0.717) is 11.5 Å². The molecule has 28 heavy (non-hydrogen) atoms. The Bertz CT molecular complexity index is 1020. The Morgan fingerprint density at radius 1 is 0.857 bits per heavy atom. The van der Waals surface area contributed by atoms with Crippen molar-refractivity contribution >= 4 is 16.0 Å². The van der Waals surface area contributed by atoms with Crippen molar-refractivity contribution in [3.8, 4) is 11.5 Å². The molecule has 0 aromatic heterocycles. The summed E-state index contributed by atoms with van der Waals surface area (Å²) in [5, 5.41) is 9.41. The monoisotopic (exact) mass is 397 g/mol. The van der Waals surface area contributed by atoms with E-state index in [0.717, 1.165) is 5.56 Å². The number of para-hydroxylation sites is 1. The fraction of sp³-hybridized carbons (Fsp3) is 0.0952. The SMILES string of the molecule is O=C(O)C(Cc1ccccc1)NS(=O)(=O)c1ccc(Oc2ccccc2)cc1. The molecule has 0 aliphatic carbocycles. The van der Waals surface area contributed by atoms with E-state index in [2.05, 4.69) is 4.72 Å². The van der Waals surface area contributed by atoms with Crippen molar-refractivity contribution in [1.82, 2.24) is 4.72 Å². The van der Waals surface area contributed by atoms with Crippen molar-refractivity contribution in [3.05, 3.63) is 90.5 Å².